The maximum absolute atomic E-state index is 10.4. The van der Waals surface area contributed by atoms with Gasteiger partial charge in [0.1, 0.15) is 11.5 Å². The van der Waals surface area contributed by atoms with E-state index in [4.69, 9.17) is 0 Å². The fraction of sp³-hybridized carbons (Fsp3) is 1.00. The van der Waals surface area contributed by atoms with Crippen LogP contribution in [0, 0.1) is 0 Å². The van der Waals surface area contributed by atoms with Gasteiger partial charge in [-0.2, -0.15) is 0 Å². The summed E-state index contributed by atoms with van der Waals surface area (Å²) >= 11 is -0.940. The average Bonchev–Trinajstić information content (AvgIpc) is 1.69. The first-order valence-corrected chi connectivity index (χ1v) is 3.43. The van der Waals surface area contributed by atoms with Gasteiger partial charge in [-0.1, -0.05) is 0 Å². The molecule has 0 radical (unpaired) electrons. The van der Waals surface area contributed by atoms with Crippen molar-refractivity contribution in [3.05, 3.63) is 0 Å². The zero-order valence-corrected chi connectivity index (χ0v) is 4.75. The summed E-state index contributed by atoms with van der Waals surface area (Å²) in [5.41, 5.74) is 0. The normalized spacial score (nSPS) is 25.3. The molecule has 1 aliphatic heterocycles. The summed E-state index contributed by atoms with van der Waals surface area (Å²) in [7, 11) is 0. The van der Waals surface area contributed by atoms with Gasteiger partial charge in [0, 0.05) is 13.1 Å². The Morgan fingerprint density at radius 2 is 1.86 bits per heavy atom. The molecule has 0 atom stereocenters. The van der Waals surface area contributed by atoms with Crippen LogP contribution in [0.4, 0.5) is 0 Å². The smallest absolute Gasteiger partial charge is 0.134 e. The van der Waals surface area contributed by atoms with Gasteiger partial charge in [-0.05, 0) is 6.42 Å². The third-order valence-electron chi connectivity index (χ3n) is 0.820. The highest BCUT2D eigenvalue weighted by Gasteiger charge is 2.08. The molecule has 1 aliphatic rings. The van der Waals surface area contributed by atoms with Gasteiger partial charge in [-0.25, -0.2) is 0 Å². The van der Waals surface area contributed by atoms with Crippen LogP contribution < -0.4 is 9.44 Å². The minimum atomic E-state index is -0.940. The summed E-state index contributed by atoms with van der Waals surface area (Å²) in [4.78, 5) is 0. The van der Waals surface area contributed by atoms with Crippen LogP contribution in [0.1, 0.15) is 6.42 Å². The van der Waals surface area contributed by atoms with Gasteiger partial charge in [0.15, 0.2) is 0 Å². The Kier molecular flexibility index (Phi) is 1.93. The molecule has 2 N–H and O–H groups in total. The van der Waals surface area contributed by atoms with Crippen LogP contribution in [-0.4, -0.2) is 17.6 Å². The van der Waals surface area contributed by atoms with Crippen molar-refractivity contribution in [2.75, 3.05) is 13.1 Å². The monoisotopic (exact) mass is 120 g/mol. The van der Waals surface area contributed by atoms with Crippen LogP contribution in [-0.2, 0) is 11.5 Å². The molecule has 0 saturated carbocycles. The molecule has 0 unspecified atom stereocenters. The summed E-state index contributed by atoms with van der Waals surface area (Å²) in [5, 5.41) is 0. The largest absolute Gasteiger partial charge is 0.579 e. The fourth-order valence-electron chi connectivity index (χ4n) is 0.469. The lowest BCUT2D eigenvalue weighted by atomic mass is 10.4. The lowest BCUT2D eigenvalue weighted by molar-refractivity contribution is 0.545. The molecule has 0 bridgehead atoms. The van der Waals surface area contributed by atoms with Crippen molar-refractivity contribution in [3.63, 3.8) is 0 Å². The van der Waals surface area contributed by atoms with Gasteiger partial charge in [0.2, 0.25) is 0 Å². The Hall–Kier alpha value is 0.230. The first-order valence-electron chi connectivity index (χ1n) is 2.28. The molecule has 1 saturated heterocycles. The molecule has 1 rings (SSSR count). The first kappa shape index (κ1) is 5.37. The molecule has 7 heavy (non-hydrogen) atoms. The van der Waals surface area contributed by atoms with E-state index >= 15 is 0 Å². The molecular weight excluding hydrogens is 112 g/mol. The SMILES string of the molecule is [O-][S+]1NCCCN1. The van der Waals surface area contributed by atoms with Crippen molar-refractivity contribution in [3.8, 4) is 0 Å². The van der Waals surface area contributed by atoms with Gasteiger partial charge in [-0.3, -0.25) is 0 Å². The van der Waals surface area contributed by atoms with E-state index in [9.17, 15) is 4.55 Å². The Morgan fingerprint density at radius 3 is 2.14 bits per heavy atom. The highest BCUT2D eigenvalue weighted by molar-refractivity contribution is 7.87. The topological polar surface area (TPSA) is 47.1 Å². The molecule has 0 aromatic rings. The van der Waals surface area contributed by atoms with Crippen LogP contribution >= 0.6 is 0 Å². The summed E-state index contributed by atoms with van der Waals surface area (Å²) in [6.07, 6.45) is 1.08. The third-order valence-corrected chi connectivity index (χ3v) is 1.75. The second-order valence-electron chi connectivity index (χ2n) is 1.41. The Bertz CT molecular complexity index is 54.9. The lowest BCUT2D eigenvalue weighted by Crippen LogP contribution is -2.43. The molecule has 3 nitrogen and oxygen atoms in total. The number of rotatable bonds is 0. The van der Waals surface area contributed by atoms with E-state index in [1.54, 1.807) is 0 Å². The van der Waals surface area contributed by atoms with E-state index in [1.807, 2.05) is 0 Å². The number of hydrogen-bond acceptors (Lipinski definition) is 3. The minimum Gasteiger partial charge on any atom is -0.579 e. The van der Waals surface area contributed by atoms with E-state index in [0.717, 1.165) is 19.5 Å². The number of nitrogens with one attached hydrogen (secondary N) is 2. The first-order chi connectivity index (χ1) is 3.39. The van der Waals surface area contributed by atoms with E-state index in [0.29, 0.717) is 0 Å². The van der Waals surface area contributed by atoms with E-state index in [1.165, 1.54) is 0 Å². The zero-order valence-electron chi connectivity index (χ0n) is 3.94. The molecule has 0 aromatic carbocycles. The Morgan fingerprint density at radius 1 is 1.29 bits per heavy atom. The molecule has 0 aromatic heterocycles. The van der Waals surface area contributed by atoms with Crippen molar-refractivity contribution < 1.29 is 4.55 Å². The van der Waals surface area contributed by atoms with E-state index in [2.05, 4.69) is 9.44 Å². The standard InChI is InChI=1S/C3H8N2OS/c6-7-4-2-1-3-5-7/h4-5H,1-3H2. The molecule has 0 aliphatic carbocycles. The molecule has 0 amide bonds. The van der Waals surface area contributed by atoms with Gasteiger partial charge >= 0.3 is 0 Å². The van der Waals surface area contributed by atoms with Crippen molar-refractivity contribution in [1.29, 1.82) is 0 Å². The van der Waals surface area contributed by atoms with Crippen LogP contribution in [0.5, 0.6) is 0 Å². The third kappa shape index (κ3) is 1.65. The predicted octanol–water partition coefficient (Wildman–Crippen LogP) is -0.852. The quantitative estimate of drug-likeness (QED) is 0.409. The average molecular weight is 120 g/mol. The molecule has 42 valence electrons. The second-order valence-corrected chi connectivity index (χ2v) is 2.53. The van der Waals surface area contributed by atoms with Crippen LogP contribution in [0.3, 0.4) is 0 Å². The molecule has 1 fully saturated rings. The highest BCUT2D eigenvalue weighted by Crippen LogP contribution is 1.86. The van der Waals surface area contributed by atoms with Crippen LogP contribution in [0.25, 0.3) is 0 Å². The maximum Gasteiger partial charge on any atom is 0.134 e. The van der Waals surface area contributed by atoms with Crippen molar-refractivity contribution in [1.82, 2.24) is 9.44 Å². The Labute approximate surface area is 45.9 Å². The van der Waals surface area contributed by atoms with Gasteiger partial charge in [0.25, 0.3) is 0 Å². The van der Waals surface area contributed by atoms with Crippen molar-refractivity contribution in [2.45, 2.75) is 6.42 Å². The molecule has 0 spiro atoms. The number of hydrogen-bond donors (Lipinski definition) is 2. The predicted molar refractivity (Wildman–Crippen MR) is 28.8 cm³/mol. The van der Waals surface area contributed by atoms with E-state index in [-0.39, 0.29) is 0 Å². The lowest BCUT2D eigenvalue weighted by Gasteiger charge is -2.14. The second kappa shape index (κ2) is 2.52. The molecule has 1 heterocycles. The fourth-order valence-corrected chi connectivity index (χ4v) is 1.23. The van der Waals surface area contributed by atoms with Crippen molar-refractivity contribution in [2.24, 2.45) is 0 Å². The minimum absolute atomic E-state index is 0.875. The van der Waals surface area contributed by atoms with E-state index < -0.39 is 11.5 Å². The van der Waals surface area contributed by atoms with Crippen molar-refractivity contribution >= 4 is 11.5 Å². The molecule has 4 heteroatoms. The van der Waals surface area contributed by atoms with Gasteiger partial charge in [0.05, 0.1) is 0 Å². The van der Waals surface area contributed by atoms with Crippen LogP contribution in [0.2, 0.25) is 0 Å². The van der Waals surface area contributed by atoms with Crippen LogP contribution in [0.15, 0.2) is 0 Å². The summed E-state index contributed by atoms with van der Waals surface area (Å²) in [6, 6.07) is 0. The maximum atomic E-state index is 10.4. The summed E-state index contributed by atoms with van der Waals surface area (Å²) in [6.45, 7) is 1.75. The molecular formula is C3H8N2OS. The Balaban J connectivity index is 2.12. The summed E-state index contributed by atoms with van der Waals surface area (Å²) in [5.74, 6) is 0. The van der Waals surface area contributed by atoms with Gasteiger partial charge < -0.3 is 4.55 Å². The zero-order chi connectivity index (χ0) is 5.11. The summed E-state index contributed by atoms with van der Waals surface area (Å²) < 4.78 is 15.8. The highest BCUT2D eigenvalue weighted by atomic mass is 32.2. The van der Waals surface area contributed by atoms with Gasteiger partial charge in [-0.15, -0.1) is 9.44 Å².